The molecule has 0 saturated carbocycles. The Kier molecular flexibility index (Phi) is 5.41. The van der Waals surface area contributed by atoms with Crippen LogP contribution in [0.15, 0.2) is 30.3 Å². The fraction of sp³-hybridized carbons (Fsp3) is 0.625. The van der Waals surface area contributed by atoms with E-state index in [4.69, 9.17) is 0 Å². The molecule has 1 N–H and O–H groups in total. The van der Waals surface area contributed by atoms with Crippen LogP contribution in [0.5, 0.6) is 0 Å². The zero-order valence-electron chi connectivity index (χ0n) is 12.8. The van der Waals surface area contributed by atoms with Gasteiger partial charge in [0.1, 0.15) is 0 Å². The molecule has 1 saturated heterocycles. The van der Waals surface area contributed by atoms with Crippen molar-refractivity contribution >= 4 is 10.0 Å². The van der Waals surface area contributed by atoms with Crippen LogP contribution < -0.4 is 0 Å². The summed E-state index contributed by atoms with van der Waals surface area (Å²) < 4.78 is 26.0. The van der Waals surface area contributed by atoms with Crippen LogP contribution in [0.1, 0.15) is 38.4 Å². The van der Waals surface area contributed by atoms with Crippen molar-refractivity contribution in [2.75, 3.05) is 18.8 Å². The van der Waals surface area contributed by atoms with E-state index >= 15 is 0 Å². The molecule has 0 spiro atoms. The average Bonchev–Trinajstić information content (AvgIpc) is 2.46. The maximum atomic E-state index is 12.2. The first kappa shape index (κ1) is 16.5. The summed E-state index contributed by atoms with van der Waals surface area (Å²) in [5, 5.41) is 10.4. The standard InChI is InChI=1S/C16H25NO3S/c1-13(2)12-21(19,20)17-10-8-15(9-11-17)16(18)14-6-4-3-5-7-14/h3-7,13,15-16,18H,8-12H2,1-2H3. The van der Waals surface area contributed by atoms with Crippen molar-refractivity contribution in [3.63, 3.8) is 0 Å². The molecular formula is C16H25NO3S. The molecule has 1 aliphatic rings. The lowest BCUT2D eigenvalue weighted by atomic mass is 9.88. The van der Waals surface area contributed by atoms with E-state index in [1.165, 1.54) is 0 Å². The number of hydrogen-bond acceptors (Lipinski definition) is 3. The van der Waals surface area contributed by atoms with Crippen LogP contribution in [0.4, 0.5) is 0 Å². The Bertz CT molecular complexity index is 534. The van der Waals surface area contributed by atoms with Crippen molar-refractivity contribution < 1.29 is 13.5 Å². The lowest BCUT2D eigenvalue weighted by Gasteiger charge is -2.34. The molecular weight excluding hydrogens is 286 g/mol. The summed E-state index contributed by atoms with van der Waals surface area (Å²) in [6, 6.07) is 9.61. The van der Waals surface area contributed by atoms with Gasteiger partial charge in [-0.3, -0.25) is 0 Å². The van der Waals surface area contributed by atoms with Crippen molar-refractivity contribution in [3.8, 4) is 0 Å². The number of sulfonamides is 1. The number of nitrogens with zero attached hydrogens (tertiary/aromatic N) is 1. The van der Waals surface area contributed by atoms with Gasteiger partial charge in [0.15, 0.2) is 0 Å². The summed E-state index contributed by atoms with van der Waals surface area (Å²) in [6.07, 6.45) is 0.932. The van der Waals surface area contributed by atoms with E-state index in [1.807, 2.05) is 44.2 Å². The quantitative estimate of drug-likeness (QED) is 0.908. The summed E-state index contributed by atoms with van der Waals surface area (Å²) in [7, 11) is -3.14. The van der Waals surface area contributed by atoms with Crippen LogP contribution in [0.2, 0.25) is 0 Å². The molecule has 1 heterocycles. The first-order valence-electron chi connectivity index (χ1n) is 7.61. The molecule has 0 radical (unpaired) electrons. The minimum absolute atomic E-state index is 0.137. The molecule has 1 atom stereocenters. The van der Waals surface area contributed by atoms with Crippen molar-refractivity contribution in [3.05, 3.63) is 35.9 Å². The largest absolute Gasteiger partial charge is 0.388 e. The van der Waals surface area contributed by atoms with Gasteiger partial charge < -0.3 is 5.11 Å². The first-order valence-corrected chi connectivity index (χ1v) is 9.22. The first-order chi connectivity index (χ1) is 9.90. The molecule has 0 bridgehead atoms. The Morgan fingerprint density at radius 2 is 1.76 bits per heavy atom. The van der Waals surface area contributed by atoms with Crippen LogP contribution in [0, 0.1) is 11.8 Å². The summed E-state index contributed by atoms with van der Waals surface area (Å²) in [4.78, 5) is 0. The minimum Gasteiger partial charge on any atom is -0.388 e. The van der Waals surface area contributed by atoms with Gasteiger partial charge in [0.25, 0.3) is 0 Å². The highest BCUT2D eigenvalue weighted by Crippen LogP contribution is 2.31. The van der Waals surface area contributed by atoms with Gasteiger partial charge in [-0.1, -0.05) is 44.2 Å². The van der Waals surface area contributed by atoms with Crippen molar-refractivity contribution in [2.45, 2.75) is 32.8 Å². The molecule has 5 heteroatoms. The van der Waals surface area contributed by atoms with E-state index in [1.54, 1.807) is 4.31 Å². The van der Waals surface area contributed by atoms with E-state index in [9.17, 15) is 13.5 Å². The van der Waals surface area contributed by atoms with Crippen LogP contribution in [-0.2, 0) is 10.0 Å². The lowest BCUT2D eigenvalue weighted by Crippen LogP contribution is -2.41. The molecule has 1 aromatic carbocycles. The number of rotatable bonds is 5. The zero-order chi connectivity index (χ0) is 15.5. The molecule has 0 aliphatic carbocycles. The highest BCUT2D eigenvalue weighted by atomic mass is 32.2. The SMILES string of the molecule is CC(C)CS(=O)(=O)N1CCC(C(O)c2ccccc2)CC1. The van der Waals surface area contributed by atoms with Gasteiger partial charge in [-0.05, 0) is 30.2 Å². The Balaban J connectivity index is 1.94. The average molecular weight is 311 g/mol. The summed E-state index contributed by atoms with van der Waals surface area (Å²) in [6.45, 7) is 4.88. The Labute approximate surface area is 127 Å². The van der Waals surface area contributed by atoms with Gasteiger partial charge in [-0.15, -0.1) is 0 Å². The maximum Gasteiger partial charge on any atom is 0.214 e. The summed E-state index contributed by atoms with van der Waals surface area (Å²) >= 11 is 0. The number of benzene rings is 1. The zero-order valence-corrected chi connectivity index (χ0v) is 13.6. The van der Waals surface area contributed by atoms with Gasteiger partial charge in [-0.2, -0.15) is 0 Å². The highest BCUT2D eigenvalue weighted by Gasteiger charge is 2.31. The van der Waals surface area contributed by atoms with Gasteiger partial charge in [-0.25, -0.2) is 12.7 Å². The molecule has 0 amide bonds. The Morgan fingerprint density at radius 1 is 1.19 bits per heavy atom. The van der Waals surface area contributed by atoms with E-state index in [0.717, 1.165) is 5.56 Å². The fourth-order valence-corrected chi connectivity index (χ4v) is 4.74. The number of hydrogen-bond donors (Lipinski definition) is 1. The van der Waals surface area contributed by atoms with Crippen molar-refractivity contribution in [2.24, 2.45) is 11.8 Å². The van der Waals surface area contributed by atoms with Gasteiger partial charge in [0, 0.05) is 13.1 Å². The Morgan fingerprint density at radius 3 is 2.29 bits per heavy atom. The second kappa shape index (κ2) is 6.90. The third kappa shape index (κ3) is 4.28. The molecule has 21 heavy (non-hydrogen) atoms. The molecule has 118 valence electrons. The number of piperidine rings is 1. The molecule has 2 rings (SSSR count). The van der Waals surface area contributed by atoms with E-state index in [0.29, 0.717) is 25.9 Å². The monoisotopic (exact) mass is 311 g/mol. The van der Waals surface area contributed by atoms with E-state index in [-0.39, 0.29) is 17.6 Å². The summed E-state index contributed by atoms with van der Waals surface area (Å²) in [5.41, 5.74) is 0.918. The smallest absolute Gasteiger partial charge is 0.214 e. The fourth-order valence-electron chi connectivity index (χ4n) is 2.92. The predicted octanol–water partition coefficient (Wildman–Crippen LogP) is 2.42. The molecule has 1 aromatic rings. The molecule has 0 aromatic heterocycles. The third-order valence-electron chi connectivity index (χ3n) is 4.02. The van der Waals surface area contributed by atoms with Crippen molar-refractivity contribution in [1.29, 1.82) is 0 Å². The minimum atomic E-state index is -3.14. The van der Waals surface area contributed by atoms with Gasteiger partial charge in [0.05, 0.1) is 11.9 Å². The van der Waals surface area contributed by atoms with Crippen LogP contribution in [0.25, 0.3) is 0 Å². The van der Waals surface area contributed by atoms with Gasteiger partial charge in [0.2, 0.25) is 10.0 Å². The Hall–Kier alpha value is -0.910. The highest BCUT2D eigenvalue weighted by molar-refractivity contribution is 7.89. The number of aliphatic hydroxyl groups excluding tert-OH is 1. The predicted molar refractivity (Wildman–Crippen MR) is 84.3 cm³/mol. The van der Waals surface area contributed by atoms with E-state index in [2.05, 4.69) is 0 Å². The molecule has 1 fully saturated rings. The molecule has 1 unspecified atom stereocenters. The number of aliphatic hydroxyl groups is 1. The van der Waals surface area contributed by atoms with Gasteiger partial charge >= 0.3 is 0 Å². The van der Waals surface area contributed by atoms with Crippen LogP contribution >= 0.6 is 0 Å². The topological polar surface area (TPSA) is 57.6 Å². The second-order valence-electron chi connectivity index (χ2n) is 6.26. The normalized spacial score (nSPS) is 19.8. The third-order valence-corrected chi connectivity index (χ3v) is 6.26. The maximum absolute atomic E-state index is 12.2. The van der Waals surface area contributed by atoms with Crippen molar-refractivity contribution in [1.82, 2.24) is 4.31 Å². The summed E-state index contributed by atoms with van der Waals surface area (Å²) in [5.74, 6) is 0.486. The second-order valence-corrected chi connectivity index (χ2v) is 8.28. The molecule has 4 nitrogen and oxygen atoms in total. The van der Waals surface area contributed by atoms with E-state index < -0.39 is 16.1 Å². The van der Waals surface area contributed by atoms with Crippen LogP contribution in [-0.4, -0.2) is 36.7 Å². The van der Waals surface area contributed by atoms with Crippen LogP contribution in [0.3, 0.4) is 0 Å². The lowest BCUT2D eigenvalue weighted by molar-refractivity contribution is 0.0760. The molecule has 1 aliphatic heterocycles.